The summed E-state index contributed by atoms with van der Waals surface area (Å²) in [4.78, 5) is 15.4. The fourth-order valence-electron chi connectivity index (χ4n) is 2.42. The molecule has 106 valence electrons. The van der Waals surface area contributed by atoms with Crippen LogP contribution >= 0.6 is 0 Å². The number of carbonyl (C=O) groups is 1. The van der Waals surface area contributed by atoms with Crippen molar-refractivity contribution in [3.8, 4) is 0 Å². The largest absolute Gasteiger partial charge is 0.360 e. The number of anilines is 1. The standard InChI is InChI=1S/C17H15FN2O/c1-2-11-5-3-4-6-15(11)20-17(21)14-10-19-16-8-7-12(18)9-13(14)16/h3-10,19H,2H2,1H3,(H,20,21). The van der Waals surface area contributed by atoms with Crippen molar-refractivity contribution in [1.82, 2.24) is 4.98 Å². The number of H-pyrrole nitrogens is 1. The first-order chi connectivity index (χ1) is 10.2. The number of nitrogens with one attached hydrogen (secondary N) is 2. The lowest BCUT2D eigenvalue weighted by molar-refractivity contribution is 0.102. The second kappa shape index (κ2) is 5.40. The minimum atomic E-state index is -0.356. The zero-order chi connectivity index (χ0) is 14.8. The van der Waals surface area contributed by atoms with E-state index in [9.17, 15) is 9.18 Å². The lowest BCUT2D eigenvalue weighted by Gasteiger charge is -2.09. The van der Waals surface area contributed by atoms with Crippen LogP contribution in [-0.2, 0) is 6.42 Å². The number of rotatable bonds is 3. The second-order valence-corrected chi connectivity index (χ2v) is 4.86. The van der Waals surface area contributed by atoms with Crippen molar-refractivity contribution < 1.29 is 9.18 Å². The molecule has 0 fully saturated rings. The van der Waals surface area contributed by atoms with Crippen LogP contribution in [0.5, 0.6) is 0 Å². The minimum Gasteiger partial charge on any atom is -0.360 e. The Morgan fingerprint density at radius 3 is 2.86 bits per heavy atom. The first kappa shape index (κ1) is 13.4. The summed E-state index contributed by atoms with van der Waals surface area (Å²) in [5, 5.41) is 3.48. The Hall–Kier alpha value is -2.62. The summed E-state index contributed by atoms with van der Waals surface area (Å²) < 4.78 is 13.4. The first-order valence-electron chi connectivity index (χ1n) is 6.85. The molecule has 0 saturated carbocycles. The van der Waals surface area contributed by atoms with E-state index in [0.29, 0.717) is 10.9 Å². The summed E-state index contributed by atoms with van der Waals surface area (Å²) in [6.07, 6.45) is 2.44. The molecular weight excluding hydrogens is 267 g/mol. The molecule has 3 rings (SSSR count). The summed E-state index contributed by atoms with van der Waals surface area (Å²) in [7, 11) is 0. The third-order valence-corrected chi connectivity index (χ3v) is 3.53. The molecule has 0 atom stereocenters. The highest BCUT2D eigenvalue weighted by atomic mass is 19.1. The van der Waals surface area contributed by atoms with Crippen LogP contribution < -0.4 is 5.32 Å². The van der Waals surface area contributed by atoms with Crippen LogP contribution in [0.15, 0.2) is 48.7 Å². The third kappa shape index (κ3) is 2.52. The van der Waals surface area contributed by atoms with Crippen LogP contribution in [-0.4, -0.2) is 10.9 Å². The molecule has 2 aromatic carbocycles. The molecule has 2 N–H and O–H groups in total. The van der Waals surface area contributed by atoms with Crippen molar-refractivity contribution in [3.05, 3.63) is 65.6 Å². The van der Waals surface area contributed by atoms with Gasteiger partial charge in [-0.2, -0.15) is 0 Å². The molecule has 0 radical (unpaired) electrons. The average molecular weight is 282 g/mol. The van der Waals surface area contributed by atoms with Gasteiger partial charge in [-0.1, -0.05) is 25.1 Å². The Morgan fingerprint density at radius 1 is 1.24 bits per heavy atom. The van der Waals surface area contributed by atoms with E-state index < -0.39 is 0 Å². The molecule has 0 bridgehead atoms. The van der Waals surface area contributed by atoms with Crippen LogP contribution in [0.25, 0.3) is 10.9 Å². The molecule has 3 nitrogen and oxygen atoms in total. The molecule has 0 unspecified atom stereocenters. The molecule has 0 aliphatic rings. The van der Waals surface area contributed by atoms with E-state index in [1.165, 1.54) is 12.1 Å². The number of carbonyl (C=O) groups excluding carboxylic acids is 1. The van der Waals surface area contributed by atoms with E-state index in [0.717, 1.165) is 23.2 Å². The Morgan fingerprint density at radius 2 is 2.05 bits per heavy atom. The quantitative estimate of drug-likeness (QED) is 0.745. The Kier molecular flexibility index (Phi) is 3.44. The number of aromatic amines is 1. The van der Waals surface area contributed by atoms with Crippen LogP contribution in [0.4, 0.5) is 10.1 Å². The molecule has 0 saturated heterocycles. The van der Waals surface area contributed by atoms with Gasteiger partial charge in [0.15, 0.2) is 0 Å². The molecule has 0 spiro atoms. The van der Waals surface area contributed by atoms with Gasteiger partial charge in [-0.25, -0.2) is 4.39 Å². The minimum absolute atomic E-state index is 0.243. The maximum Gasteiger partial charge on any atom is 0.257 e. The van der Waals surface area contributed by atoms with Gasteiger partial charge in [-0.15, -0.1) is 0 Å². The van der Waals surface area contributed by atoms with E-state index in [1.807, 2.05) is 31.2 Å². The number of aromatic nitrogens is 1. The molecule has 1 amide bonds. The van der Waals surface area contributed by atoms with Crippen LogP contribution in [0, 0.1) is 5.82 Å². The lowest BCUT2D eigenvalue weighted by atomic mass is 10.1. The first-order valence-corrected chi connectivity index (χ1v) is 6.85. The fourth-order valence-corrected chi connectivity index (χ4v) is 2.42. The summed E-state index contributed by atoms with van der Waals surface area (Å²) in [5.41, 5.74) is 3.04. The second-order valence-electron chi connectivity index (χ2n) is 4.86. The van der Waals surface area contributed by atoms with Crippen molar-refractivity contribution >= 4 is 22.5 Å². The SMILES string of the molecule is CCc1ccccc1NC(=O)c1c[nH]c2ccc(F)cc12. The number of para-hydroxylation sites is 1. The summed E-state index contributed by atoms with van der Waals surface area (Å²) in [6, 6.07) is 12.0. The number of aryl methyl sites for hydroxylation is 1. The van der Waals surface area contributed by atoms with Gasteiger partial charge in [0.05, 0.1) is 5.56 Å². The lowest BCUT2D eigenvalue weighted by Crippen LogP contribution is -2.12. The molecule has 0 aliphatic heterocycles. The predicted octanol–water partition coefficient (Wildman–Crippen LogP) is 4.12. The number of amides is 1. The van der Waals surface area contributed by atoms with Crippen molar-refractivity contribution in [2.75, 3.05) is 5.32 Å². The van der Waals surface area contributed by atoms with E-state index in [4.69, 9.17) is 0 Å². The monoisotopic (exact) mass is 282 g/mol. The van der Waals surface area contributed by atoms with Gasteiger partial charge in [-0.3, -0.25) is 4.79 Å². The zero-order valence-corrected chi connectivity index (χ0v) is 11.6. The zero-order valence-electron chi connectivity index (χ0n) is 11.6. The number of benzene rings is 2. The van der Waals surface area contributed by atoms with E-state index in [2.05, 4.69) is 10.3 Å². The van der Waals surface area contributed by atoms with Gasteiger partial charge in [0.25, 0.3) is 5.91 Å². The van der Waals surface area contributed by atoms with Crippen LogP contribution in [0.1, 0.15) is 22.8 Å². The molecule has 3 aromatic rings. The summed E-state index contributed by atoms with van der Waals surface area (Å²) in [5.74, 6) is -0.599. The van der Waals surface area contributed by atoms with Gasteiger partial charge >= 0.3 is 0 Å². The Labute approximate surface area is 121 Å². The molecule has 1 heterocycles. The summed E-state index contributed by atoms with van der Waals surface area (Å²) >= 11 is 0. The molecule has 21 heavy (non-hydrogen) atoms. The van der Waals surface area contributed by atoms with E-state index in [1.54, 1.807) is 12.3 Å². The van der Waals surface area contributed by atoms with Gasteiger partial charge in [0.2, 0.25) is 0 Å². The van der Waals surface area contributed by atoms with Crippen molar-refractivity contribution in [3.63, 3.8) is 0 Å². The fraction of sp³-hybridized carbons (Fsp3) is 0.118. The topological polar surface area (TPSA) is 44.9 Å². The smallest absolute Gasteiger partial charge is 0.257 e. The third-order valence-electron chi connectivity index (χ3n) is 3.53. The highest BCUT2D eigenvalue weighted by Crippen LogP contribution is 2.22. The van der Waals surface area contributed by atoms with Crippen molar-refractivity contribution in [2.24, 2.45) is 0 Å². The van der Waals surface area contributed by atoms with E-state index >= 15 is 0 Å². The maximum absolute atomic E-state index is 13.4. The van der Waals surface area contributed by atoms with Gasteiger partial charge in [-0.05, 0) is 36.2 Å². The maximum atomic E-state index is 13.4. The van der Waals surface area contributed by atoms with Gasteiger partial charge in [0.1, 0.15) is 5.82 Å². The average Bonchev–Trinajstić information content (AvgIpc) is 2.90. The van der Waals surface area contributed by atoms with Crippen LogP contribution in [0.3, 0.4) is 0 Å². The normalized spacial score (nSPS) is 10.8. The van der Waals surface area contributed by atoms with E-state index in [-0.39, 0.29) is 11.7 Å². The predicted molar refractivity (Wildman–Crippen MR) is 82.0 cm³/mol. The number of halogens is 1. The van der Waals surface area contributed by atoms with Gasteiger partial charge < -0.3 is 10.3 Å². The summed E-state index contributed by atoms with van der Waals surface area (Å²) in [6.45, 7) is 2.03. The number of fused-ring (bicyclic) bond motifs is 1. The molecule has 4 heteroatoms. The number of hydrogen-bond acceptors (Lipinski definition) is 1. The highest BCUT2D eigenvalue weighted by Gasteiger charge is 2.13. The Bertz CT molecular complexity index is 807. The van der Waals surface area contributed by atoms with Crippen LogP contribution in [0.2, 0.25) is 0 Å². The molecule has 1 aromatic heterocycles. The molecular formula is C17H15FN2O. The van der Waals surface area contributed by atoms with Crippen molar-refractivity contribution in [2.45, 2.75) is 13.3 Å². The molecule has 0 aliphatic carbocycles. The number of hydrogen-bond donors (Lipinski definition) is 2. The van der Waals surface area contributed by atoms with Crippen molar-refractivity contribution in [1.29, 1.82) is 0 Å². The van der Waals surface area contributed by atoms with Gasteiger partial charge in [0, 0.05) is 22.8 Å². The Balaban J connectivity index is 1.96. The highest BCUT2D eigenvalue weighted by molar-refractivity contribution is 6.13.